The summed E-state index contributed by atoms with van der Waals surface area (Å²) in [6.07, 6.45) is -4.15. The van der Waals surface area contributed by atoms with Gasteiger partial charge in [0.05, 0.1) is 11.1 Å². The van der Waals surface area contributed by atoms with Crippen molar-refractivity contribution in [1.29, 1.82) is 0 Å². The van der Waals surface area contributed by atoms with Gasteiger partial charge in [0.1, 0.15) is 11.5 Å². The van der Waals surface area contributed by atoms with Gasteiger partial charge in [-0.25, -0.2) is 4.79 Å². The second-order valence-electron chi connectivity index (χ2n) is 6.70. The van der Waals surface area contributed by atoms with Crippen LogP contribution in [0.3, 0.4) is 0 Å². The molecular formula is C20H18F5NO4. The number of halogens is 5. The van der Waals surface area contributed by atoms with Crippen LogP contribution in [0.4, 0.5) is 27.6 Å². The van der Waals surface area contributed by atoms with Crippen LogP contribution >= 0.6 is 0 Å². The molecule has 2 aromatic carbocycles. The Kier molecular flexibility index (Phi) is 6.04. The molecule has 0 bridgehead atoms. The topological polar surface area (TPSA) is 59.0 Å². The third kappa shape index (κ3) is 4.58. The van der Waals surface area contributed by atoms with E-state index >= 15 is 0 Å². The first-order valence-corrected chi connectivity index (χ1v) is 9.00. The molecular weight excluding hydrogens is 413 g/mol. The molecule has 0 unspecified atom stereocenters. The Hall–Kier alpha value is -3.04. The van der Waals surface area contributed by atoms with E-state index in [1.807, 2.05) is 4.90 Å². The molecule has 1 N–H and O–H groups in total. The van der Waals surface area contributed by atoms with E-state index in [0.29, 0.717) is 24.7 Å². The predicted molar refractivity (Wildman–Crippen MR) is 97.2 cm³/mol. The van der Waals surface area contributed by atoms with Gasteiger partial charge in [0.2, 0.25) is 0 Å². The van der Waals surface area contributed by atoms with Crippen molar-refractivity contribution in [3.05, 3.63) is 53.1 Å². The van der Waals surface area contributed by atoms with Crippen molar-refractivity contribution >= 4 is 11.7 Å². The molecule has 2 aromatic rings. The van der Waals surface area contributed by atoms with E-state index < -0.39 is 36.3 Å². The van der Waals surface area contributed by atoms with Gasteiger partial charge in [-0.3, -0.25) is 0 Å². The van der Waals surface area contributed by atoms with Crippen molar-refractivity contribution < 1.29 is 41.3 Å². The van der Waals surface area contributed by atoms with Crippen LogP contribution in [0.5, 0.6) is 11.5 Å². The maximum atomic E-state index is 13.2. The molecule has 0 aromatic heterocycles. The Labute approximate surface area is 168 Å². The zero-order chi connectivity index (χ0) is 22.1. The minimum absolute atomic E-state index is 0.00212. The van der Waals surface area contributed by atoms with Gasteiger partial charge in [0.25, 0.3) is 0 Å². The standard InChI is InChI=1S/C20H18F5NO4/c1-11-15(9-8-14(20(23,24)25)17(11)30-19(21)22)29-16-3-2-10-26(16)13-6-4-12(5-7-13)18(27)28/h4-9,16,19H,2-3,10H2,1H3,(H,27,28)/t16-/m0/s1. The lowest BCUT2D eigenvalue weighted by atomic mass is 10.1. The van der Waals surface area contributed by atoms with Crippen molar-refractivity contribution in [3.8, 4) is 11.5 Å². The molecule has 0 radical (unpaired) electrons. The molecule has 3 rings (SSSR count). The summed E-state index contributed by atoms with van der Waals surface area (Å²) in [5, 5.41) is 9.00. The highest BCUT2D eigenvalue weighted by molar-refractivity contribution is 5.88. The first-order valence-electron chi connectivity index (χ1n) is 9.00. The molecule has 1 aliphatic heterocycles. The molecule has 1 aliphatic rings. The van der Waals surface area contributed by atoms with E-state index in [-0.39, 0.29) is 16.9 Å². The van der Waals surface area contributed by atoms with Crippen LogP contribution in [0.2, 0.25) is 0 Å². The van der Waals surface area contributed by atoms with Crippen molar-refractivity contribution in [3.63, 3.8) is 0 Å². The highest BCUT2D eigenvalue weighted by Gasteiger charge is 2.37. The van der Waals surface area contributed by atoms with Crippen LogP contribution in [0, 0.1) is 6.92 Å². The van der Waals surface area contributed by atoms with Crippen molar-refractivity contribution in [2.45, 2.75) is 38.8 Å². The maximum absolute atomic E-state index is 13.2. The summed E-state index contributed by atoms with van der Waals surface area (Å²) >= 11 is 0. The summed E-state index contributed by atoms with van der Waals surface area (Å²) in [5.74, 6) is -2.04. The largest absolute Gasteiger partial charge is 0.478 e. The number of carboxylic acids is 1. The normalized spacial score (nSPS) is 16.8. The Morgan fingerprint density at radius 2 is 1.83 bits per heavy atom. The van der Waals surface area contributed by atoms with Crippen LogP contribution in [-0.4, -0.2) is 30.5 Å². The zero-order valence-corrected chi connectivity index (χ0v) is 15.7. The highest BCUT2D eigenvalue weighted by atomic mass is 19.4. The quantitative estimate of drug-likeness (QED) is 0.628. The monoisotopic (exact) mass is 431 g/mol. The molecule has 0 spiro atoms. The molecule has 1 fully saturated rings. The van der Waals surface area contributed by atoms with Gasteiger partial charge >= 0.3 is 18.8 Å². The van der Waals surface area contributed by atoms with E-state index in [9.17, 15) is 26.7 Å². The number of hydrogen-bond acceptors (Lipinski definition) is 4. The first kappa shape index (κ1) is 21.7. The molecule has 1 atom stereocenters. The van der Waals surface area contributed by atoms with E-state index in [4.69, 9.17) is 9.84 Å². The fourth-order valence-corrected chi connectivity index (χ4v) is 3.36. The fraction of sp³-hybridized carbons (Fsp3) is 0.350. The third-order valence-electron chi connectivity index (χ3n) is 4.78. The third-order valence-corrected chi connectivity index (χ3v) is 4.78. The van der Waals surface area contributed by atoms with Gasteiger partial charge < -0.3 is 19.5 Å². The van der Waals surface area contributed by atoms with E-state index in [2.05, 4.69) is 4.74 Å². The predicted octanol–water partition coefficient (Wildman–Crippen LogP) is 5.32. The van der Waals surface area contributed by atoms with Crippen LogP contribution in [0.25, 0.3) is 0 Å². The molecule has 10 heteroatoms. The zero-order valence-electron chi connectivity index (χ0n) is 15.7. The highest BCUT2D eigenvalue weighted by Crippen LogP contribution is 2.42. The number of hydrogen-bond donors (Lipinski definition) is 1. The molecule has 162 valence electrons. The number of carboxylic acid groups (broad SMARTS) is 1. The van der Waals surface area contributed by atoms with Gasteiger partial charge in [-0.2, -0.15) is 22.0 Å². The number of benzene rings is 2. The smallest absolute Gasteiger partial charge is 0.419 e. The molecule has 0 aliphatic carbocycles. The average Bonchev–Trinajstić information content (AvgIpc) is 3.12. The number of ether oxygens (including phenoxy) is 2. The number of anilines is 1. The fourth-order valence-electron chi connectivity index (χ4n) is 3.36. The van der Waals surface area contributed by atoms with Gasteiger partial charge in [-0.15, -0.1) is 0 Å². The molecule has 30 heavy (non-hydrogen) atoms. The lowest BCUT2D eigenvalue weighted by molar-refractivity contribution is -0.142. The van der Waals surface area contributed by atoms with Crippen LogP contribution < -0.4 is 14.4 Å². The molecule has 1 saturated heterocycles. The lowest BCUT2D eigenvalue weighted by Gasteiger charge is -2.28. The number of nitrogens with zero attached hydrogens (tertiary/aromatic N) is 1. The summed E-state index contributed by atoms with van der Waals surface area (Å²) in [6, 6.07) is 7.82. The molecule has 5 nitrogen and oxygen atoms in total. The summed E-state index contributed by atoms with van der Waals surface area (Å²) in [7, 11) is 0. The van der Waals surface area contributed by atoms with Crippen LogP contribution in [0.15, 0.2) is 36.4 Å². The second-order valence-corrected chi connectivity index (χ2v) is 6.70. The van der Waals surface area contributed by atoms with E-state index in [0.717, 1.165) is 12.5 Å². The van der Waals surface area contributed by atoms with Gasteiger partial charge in [0, 0.05) is 24.2 Å². The van der Waals surface area contributed by atoms with Crippen molar-refractivity contribution in [2.75, 3.05) is 11.4 Å². The van der Waals surface area contributed by atoms with Gasteiger partial charge in [-0.05, 0) is 49.7 Å². The van der Waals surface area contributed by atoms with Gasteiger partial charge in [0.15, 0.2) is 6.23 Å². The van der Waals surface area contributed by atoms with Gasteiger partial charge in [-0.1, -0.05) is 0 Å². The van der Waals surface area contributed by atoms with E-state index in [1.54, 1.807) is 12.1 Å². The van der Waals surface area contributed by atoms with Crippen molar-refractivity contribution in [1.82, 2.24) is 0 Å². The summed E-state index contributed by atoms with van der Waals surface area (Å²) in [5.41, 5.74) is -0.697. The second kappa shape index (κ2) is 8.37. The Bertz CT molecular complexity index is 915. The Balaban J connectivity index is 1.88. The molecule has 0 amide bonds. The Morgan fingerprint density at radius 1 is 1.17 bits per heavy atom. The minimum Gasteiger partial charge on any atom is -0.478 e. The minimum atomic E-state index is -4.86. The lowest BCUT2D eigenvalue weighted by Crippen LogP contribution is -2.34. The SMILES string of the molecule is Cc1c(O[C@H]2CCCN2c2ccc(C(=O)O)cc2)ccc(C(F)(F)F)c1OC(F)F. The Morgan fingerprint density at radius 3 is 2.40 bits per heavy atom. The number of aromatic carboxylic acids is 1. The van der Waals surface area contributed by atoms with E-state index in [1.165, 1.54) is 19.1 Å². The maximum Gasteiger partial charge on any atom is 0.419 e. The number of rotatable bonds is 6. The average molecular weight is 431 g/mol. The summed E-state index contributed by atoms with van der Waals surface area (Å²) < 4.78 is 74.9. The molecule has 0 saturated carbocycles. The van der Waals surface area contributed by atoms with Crippen LogP contribution in [0.1, 0.15) is 34.3 Å². The molecule has 1 heterocycles. The van der Waals surface area contributed by atoms with Crippen molar-refractivity contribution in [2.24, 2.45) is 0 Å². The number of alkyl halides is 5. The number of carbonyl (C=O) groups is 1. The van der Waals surface area contributed by atoms with Crippen LogP contribution in [-0.2, 0) is 6.18 Å². The summed E-state index contributed by atoms with van der Waals surface area (Å²) in [6.45, 7) is -1.61. The first-order chi connectivity index (χ1) is 14.1. The summed E-state index contributed by atoms with van der Waals surface area (Å²) in [4.78, 5) is 12.8.